The fourth-order valence-electron chi connectivity index (χ4n) is 5.96. The molecule has 0 bridgehead atoms. The minimum atomic E-state index is -0.767. The Morgan fingerprint density at radius 2 is 1.54 bits per heavy atom. The Labute approximate surface area is 286 Å². The summed E-state index contributed by atoms with van der Waals surface area (Å²) < 4.78 is 23.8. The highest BCUT2D eigenvalue weighted by molar-refractivity contribution is 6.48. The van der Waals surface area contributed by atoms with E-state index in [1.807, 2.05) is 90.9 Å². The molecule has 4 rings (SSSR count). The first kappa shape index (κ1) is 37.4. The molecule has 2 aliphatic rings. The molecule has 0 radical (unpaired) electrons. The predicted octanol–water partition coefficient (Wildman–Crippen LogP) is 5.23. The number of morpholine rings is 1. The lowest BCUT2D eigenvalue weighted by Crippen LogP contribution is -2.50. The summed E-state index contributed by atoms with van der Waals surface area (Å²) in [6, 6.07) is 17.9. The van der Waals surface area contributed by atoms with Crippen LogP contribution in [0.4, 0.5) is 4.79 Å². The summed E-state index contributed by atoms with van der Waals surface area (Å²) in [4.78, 5) is 42.2. The van der Waals surface area contributed by atoms with Crippen molar-refractivity contribution in [2.45, 2.75) is 109 Å². The molecule has 262 valence electrons. The molecule has 2 aliphatic heterocycles. The van der Waals surface area contributed by atoms with Crippen LogP contribution >= 0.6 is 0 Å². The maximum Gasteiger partial charge on any atom is 0.481 e. The van der Waals surface area contributed by atoms with Crippen LogP contribution in [-0.2, 0) is 41.2 Å². The minimum absolute atomic E-state index is 0.00242. The molecule has 2 fully saturated rings. The fourth-order valence-corrected chi connectivity index (χ4v) is 5.96. The van der Waals surface area contributed by atoms with Crippen LogP contribution < -0.4 is 10.6 Å². The highest BCUT2D eigenvalue weighted by Crippen LogP contribution is 2.38. The van der Waals surface area contributed by atoms with Crippen molar-refractivity contribution in [3.63, 3.8) is 0 Å². The topological polar surface area (TPSA) is 115 Å². The summed E-state index contributed by atoms with van der Waals surface area (Å²) >= 11 is 0. The molecular weight excluding hydrogens is 609 g/mol. The van der Waals surface area contributed by atoms with Crippen LogP contribution in [0.25, 0.3) is 0 Å². The van der Waals surface area contributed by atoms with Crippen molar-refractivity contribution >= 4 is 25.0 Å². The lowest BCUT2D eigenvalue weighted by atomic mass is 9.74. The summed E-state index contributed by atoms with van der Waals surface area (Å²) in [7, 11) is -0.654. The van der Waals surface area contributed by atoms with Crippen molar-refractivity contribution in [3.8, 4) is 0 Å². The monoisotopic (exact) mass is 663 g/mol. The second kappa shape index (κ2) is 16.3. The third-order valence-corrected chi connectivity index (χ3v) is 9.30. The average molecular weight is 664 g/mol. The van der Waals surface area contributed by atoms with Gasteiger partial charge >= 0.3 is 13.2 Å². The van der Waals surface area contributed by atoms with E-state index in [2.05, 4.69) is 22.8 Å². The Morgan fingerprint density at radius 1 is 0.917 bits per heavy atom. The van der Waals surface area contributed by atoms with Gasteiger partial charge in [0, 0.05) is 26.1 Å². The van der Waals surface area contributed by atoms with Gasteiger partial charge in [-0.05, 0) is 90.8 Å². The molecule has 2 N–H and O–H groups in total. The Bertz CT molecular complexity index is 1360. The smallest absolute Gasteiger partial charge is 0.444 e. The lowest BCUT2D eigenvalue weighted by molar-refractivity contribution is -0.138. The molecule has 11 heteroatoms. The van der Waals surface area contributed by atoms with E-state index in [1.54, 1.807) is 4.90 Å². The Morgan fingerprint density at radius 3 is 2.19 bits per heavy atom. The van der Waals surface area contributed by atoms with Gasteiger partial charge in [-0.1, -0.05) is 54.6 Å². The molecule has 3 amide bonds. The van der Waals surface area contributed by atoms with Crippen molar-refractivity contribution in [2.75, 3.05) is 32.8 Å². The van der Waals surface area contributed by atoms with Crippen molar-refractivity contribution in [1.29, 1.82) is 0 Å². The standard InChI is InChI=1S/C37H54BN3O7/c1-35(2,3)46-34(44)39-21-20-28-17-11-12-18-29(28)30(26-32(42)41-22-24-45-25-23-41)33(43)40-31(19-13-16-27-14-9-8-10-15-27)38-47-36(4,5)37(6,7)48-38/h8-12,14-15,17-18,30-31H,13,16,19-26H2,1-7H3,(H,39,44)(H,40,43)/t30-,31+/m1/s1. The molecular formula is C37H54BN3O7. The normalized spacial score (nSPS) is 18.6. The largest absolute Gasteiger partial charge is 0.481 e. The maximum atomic E-state index is 14.5. The molecule has 2 aromatic rings. The molecule has 2 aromatic carbocycles. The minimum Gasteiger partial charge on any atom is -0.444 e. The lowest BCUT2D eigenvalue weighted by Gasteiger charge is -2.32. The number of carbonyl (C=O) groups excluding carboxylic acids is 3. The zero-order valence-electron chi connectivity index (χ0n) is 29.8. The van der Waals surface area contributed by atoms with E-state index in [-0.39, 0.29) is 18.2 Å². The number of aryl methyl sites for hydroxylation is 1. The van der Waals surface area contributed by atoms with E-state index in [0.717, 1.165) is 24.0 Å². The van der Waals surface area contributed by atoms with Gasteiger partial charge in [0.2, 0.25) is 11.8 Å². The SMILES string of the molecule is CC(C)(C)OC(=O)NCCc1ccccc1[C@@H](CC(=O)N1CCOCC1)C(=O)N[C@@H](CCCc1ccccc1)B1OC(C)(C)C(C)(C)O1. The van der Waals surface area contributed by atoms with Gasteiger partial charge in [-0.15, -0.1) is 0 Å². The number of amides is 3. The first-order chi connectivity index (χ1) is 22.6. The number of ether oxygens (including phenoxy) is 2. The van der Waals surface area contributed by atoms with Gasteiger partial charge in [0.25, 0.3) is 0 Å². The van der Waals surface area contributed by atoms with E-state index in [9.17, 15) is 14.4 Å². The molecule has 0 spiro atoms. The first-order valence-electron chi connectivity index (χ1n) is 17.3. The van der Waals surface area contributed by atoms with Crippen LogP contribution in [0.1, 0.15) is 90.3 Å². The number of alkyl carbamates (subject to hydrolysis) is 1. The Kier molecular flexibility index (Phi) is 12.7. The summed E-state index contributed by atoms with van der Waals surface area (Å²) in [6.07, 6.45) is 2.24. The number of rotatable bonds is 13. The van der Waals surface area contributed by atoms with E-state index >= 15 is 0 Å². The highest BCUT2D eigenvalue weighted by atomic mass is 16.7. The maximum absolute atomic E-state index is 14.5. The van der Waals surface area contributed by atoms with Crippen LogP contribution in [-0.4, -0.2) is 85.5 Å². The van der Waals surface area contributed by atoms with Gasteiger partial charge in [-0.3, -0.25) is 9.59 Å². The zero-order chi connectivity index (χ0) is 35.0. The van der Waals surface area contributed by atoms with Crippen molar-refractivity contribution < 1.29 is 33.2 Å². The van der Waals surface area contributed by atoms with Crippen molar-refractivity contribution in [1.82, 2.24) is 15.5 Å². The third-order valence-electron chi connectivity index (χ3n) is 9.30. The van der Waals surface area contributed by atoms with Crippen LogP contribution in [0, 0.1) is 0 Å². The number of hydrogen-bond donors (Lipinski definition) is 2. The highest BCUT2D eigenvalue weighted by Gasteiger charge is 2.54. The summed E-state index contributed by atoms with van der Waals surface area (Å²) in [5.74, 6) is -1.57. The fraction of sp³-hybridized carbons (Fsp3) is 0.595. The Hall–Kier alpha value is -3.41. The molecule has 2 atom stereocenters. The van der Waals surface area contributed by atoms with Gasteiger partial charge in [0.05, 0.1) is 36.3 Å². The van der Waals surface area contributed by atoms with Gasteiger partial charge in [-0.2, -0.15) is 0 Å². The first-order valence-corrected chi connectivity index (χ1v) is 17.3. The molecule has 2 saturated heterocycles. The quantitative estimate of drug-likeness (QED) is 0.282. The van der Waals surface area contributed by atoms with Crippen LogP contribution in [0.5, 0.6) is 0 Å². The van der Waals surface area contributed by atoms with Crippen LogP contribution in [0.2, 0.25) is 0 Å². The molecule has 0 aliphatic carbocycles. The average Bonchev–Trinajstić information content (AvgIpc) is 3.25. The summed E-state index contributed by atoms with van der Waals surface area (Å²) in [5.41, 5.74) is 1.09. The summed E-state index contributed by atoms with van der Waals surface area (Å²) in [5, 5.41) is 6.09. The van der Waals surface area contributed by atoms with Crippen LogP contribution in [0.3, 0.4) is 0 Å². The second-order valence-electron chi connectivity index (χ2n) is 14.7. The number of carbonyl (C=O) groups is 3. The summed E-state index contributed by atoms with van der Waals surface area (Å²) in [6.45, 7) is 15.7. The molecule has 2 heterocycles. The zero-order valence-corrected chi connectivity index (χ0v) is 29.8. The van der Waals surface area contributed by atoms with Crippen molar-refractivity contribution in [2.24, 2.45) is 0 Å². The predicted molar refractivity (Wildman–Crippen MR) is 187 cm³/mol. The number of benzene rings is 2. The van der Waals surface area contributed by atoms with Gasteiger partial charge in [-0.25, -0.2) is 4.79 Å². The van der Waals surface area contributed by atoms with E-state index in [1.165, 1.54) is 5.56 Å². The molecule has 10 nitrogen and oxygen atoms in total. The van der Waals surface area contributed by atoms with Gasteiger partial charge in [0.1, 0.15) is 5.60 Å². The molecule has 48 heavy (non-hydrogen) atoms. The molecule has 0 aromatic heterocycles. The Balaban J connectivity index is 1.57. The van der Waals surface area contributed by atoms with Gasteiger partial charge in [0.15, 0.2) is 0 Å². The third kappa shape index (κ3) is 10.5. The van der Waals surface area contributed by atoms with Crippen molar-refractivity contribution in [3.05, 3.63) is 71.3 Å². The van der Waals surface area contributed by atoms with E-state index in [0.29, 0.717) is 45.7 Å². The number of nitrogens with zero attached hydrogens (tertiary/aromatic N) is 1. The second-order valence-corrected chi connectivity index (χ2v) is 14.7. The molecule has 0 saturated carbocycles. The number of hydrogen-bond acceptors (Lipinski definition) is 7. The molecule has 0 unspecified atom stereocenters. The van der Waals surface area contributed by atoms with Crippen LogP contribution in [0.15, 0.2) is 54.6 Å². The van der Waals surface area contributed by atoms with Gasteiger partial charge < -0.3 is 34.3 Å². The van der Waals surface area contributed by atoms with E-state index in [4.69, 9.17) is 18.8 Å². The van der Waals surface area contributed by atoms with E-state index < -0.39 is 41.9 Å². The number of nitrogens with one attached hydrogen (secondary N) is 2.